The predicted octanol–water partition coefficient (Wildman–Crippen LogP) is 2.72. The molecule has 2 aromatic rings. The Balaban J connectivity index is 2.40. The first-order valence-corrected chi connectivity index (χ1v) is 7.86. The molecule has 0 spiro atoms. The molecule has 0 unspecified atom stereocenters. The number of halogens is 1. The highest BCUT2D eigenvalue weighted by molar-refractivity contribution is 7.90. The van der Waals surface area contributed by atoms with Crippen LogP contribution in [0.25, 0.3) is 0 Å². The number of aromatic carboxylic acids is 1. The van der Waals surface area contributed by atoms with Crippen molar-refractivity contribution in [3.05, 3.63) is 58.6 Å². The first kappa shape index (κ1) is 15.3. The van der Waals surface area contributed by atoms with E-state index in [1.54, 1.807) is 6.07 Å². The Bertz CT molecular complexity index is 799. The van der Waals surface area contributed by atoms with E-state index in [4.69, 9.17) is 16.7 Å². The minimum atomic E-state index is -3.74. The number of sulfone groups is 1. The third-order valence-electron chi connectivity index (χ3n) is 2.79. The Hall–Kier alpha value is -2.05. The molecular weight excluding hydrogens is 316 g/mol. The predicted molar refractivity (Wildman–Crippen MR) is 77.4 cm³/mol. The zero-order chi connectivity index (χ0) is 15.6. The van der Waals surface area contributed by atoms with Crippen LogP contribution >= 0.6 is 11.6 Å². The van der Waals surface area contributed by atoms with Gasteiger partial charge < -0.3 is 10.2 Å². The summed E-state index contributed by atoms with van der Waals surface area (Å²) in [7, 11) is -3.74. The molecule has 0 amide bonds. The van der Waals surface area contributed by atoms with Crippen LogP contribution in [0.3, 0.4) is 0 Å². The normalized spacial score (nSPS) is 11.3. The topological polar surface area (TPSA) is 91.7 Å². The number of hydrogen-bond donors (Lipinski definition) is 2. The van der Waals surface area contributed by atoms with E-state index < -0.39 is 15.8 Å². The van der Waals surface area contributed by atoms with Crippen LogP contribution in [0.2, 0.25) is 5.02 Å². The fourth-order valence-corrected chi connectivity index (χ4v) is 3.37. The van der Waals surface area contributed by atoms with Crippen LogP contribution in [-0.4, -0.2) is 24.6 Å². The number of phenols is 1. The van der Waals surface area contributed by atoms with Gasteiger partial charge in [-0.25, -0.2) is 13.2 Å². The van der Waals surface area contributed by atoms with Gasteiger partial charge in [0.05, 0.1) is 21.2 Å². The zero-order valence-electron chi connectivity index (χ0n) is 10.7. The van der Waals surface area contributed by atoms with E-state index in [0.717, 1.165) is 6.07 Å². The van der Waals surface area contributed by atoms with Crippen molar-refractivity contribution in [1.29, 1.82) is 0 Å². The summed E-state index contributed by atoms with van der Waals surface area (Å²) in [5, 5.41) is 18.3. The van der Waals surface area contributed by atoms with E-state index in [1.165, 1.54) is 30.3 Å². The molecule has 0 aliphatic carbocycles. The number of rotatable bonds is 4. The van der Waals surface area contributed by atoms with Gasteiger partial charge in [0.2, 0.25) is 0 Å². The molecule has 2 N–H and O–H groups in total. The molecule has 21 heavy (non-hydrogen) atoms. The number of benzene rings is 2. The maximum atomic E-state index is 12.3. The summed E-state index contributed by atoms with van der Waals surface area (Å²) in [6, 6.07) is 9.39. The smallest absolute Gasteiger partial charge is 0.337 e. The fourth-order valence-electron chi connectivity index (χ4n) is 1.81. The summed E-state index contributed by atoms with van der Waals surface area (Å²) in [6.45, 7) is 0. The van der Waals surface area contributed by atoms with Crippen molar-refractivity contribution in [3.8, 4) is 5.75 Å². The van der Waals surface area contributed by atoms with Crippen LogP contribution < -0.4 is 0 Å². The quantitative estimate of drug-likeness (QED) is 0.901. The number of aromatic hydroxyl groups is 1. The minimum Gasteiger partial charge on any atom is -0.508 e. The molecule has 0 atom stereocenters. The Morgan fingerprint density at radius 2 is 1.86 bits per heavy atom. The van der Waals surface area contributed by atoms with Crippen molar-refractivity contribution in [3.63, 3.8) is 0 Å². The molecule has 0 bridgehead atoms. The molecule has 2 rings (SSSR count). The van der Waals surface area contributed by atoms with E-state index in [2.05, 4.69) is 0 Å². The van der Waals surface area contributed by atoms with Crippen molar-refractivity contribution in [1.82, 2.24) is 0 Å². The van der Waals surface area contributed by atoms with Crippen molar-refractivity contribution >= 4 is 27.4 Å². The van der Waals surface area contributed by atoms with Gasteiger partial charge in [0, 0.05) is 0 Å². The molecule has 0 saturated carbocycles. The lowest BCUT2D eigenvalue weighted by molar-refractivity contribution is 0.0697. The number of phenolic OH excluding ortho intramolecular Hbond substituents is 1. The summed E-state index contributed by atoms with van der Waals surface area (Å²) in [5.41, 5.74) is 0.135. The summed E-state index contributed by atoms with van der Waals surface area (Å²) < 4.78 is 24.6. The molecule has 0 radical (unpaired) electrons. The van der Waals surface area contributed by atoms with Crippen LogP contribution in [0.15, 0.2) is 47.4 Å². The van der Waals surface area contributed by atoms with Crippen LogP contribution in [0, 0.1) is 0 Å². The highest BCUT2D eigenvalue weighted by Crippen LogP contribution is 2.24. The van der Waals surface area contributed by atoms with E-state index >= 15 is 0 Å². The standard InChI is InChI=1S/C14H11ClO5S/c15-13-5-4-11(7-12(13)14(17)18)21(19,20)8-9-2-1-3-10(16)6-9/h1-7,16H,8H2,(H,17,18). The van der Waals surface area contributed by atoms with Crippen molar-refractivity contribution < 1.29 is 23.4 Å². The summed E-state index contributed by atoms with van der Waals surface area (Å²) in [6.07, 6.45) is 0. The monoisotopic (exact) mass is 326 g/mol. The maximum Gasteiger partial charge on any atom is 0.337 e. The van der Waals surface area contributed by atoms with Gasteiger partial charge in [0.1, 0.15) is 5.75 Å². The molecule has 0 aromatic heterocycles. The Morgan fingerprint density at radius 1 is 1.14 bits per heavy atom. The molecule has 2 aromatic carbocycles. The Kier molecular flexibility index (Phi) is 4.20. The Morgan fingerprint density at radius 3 is 2.48 bits per heavy atom. The zero-order valence-corrected chi connectivity index (χ0v) is 12.2. The highest BCUT2D eigenvalue weighted by Gasteiger charge is 2.19. The van der Waals surface area contributed by atoms with Crippen LogP contribution in [0.1, 0.15) is 15.9 Å². The first-order chi connectivity index (χ1) is 9.79. The van der Waals surface area contributed by atoms with Crippen LogP contribution in [0.4, 0.5) is 0 Å². The molecule has 110 valence electrons. The van der Waals surface area contributed by atoms with E-state index in [9.17, 15) is 18.3 Å². The molecular formula is C14H11ClO5S. The molecule has 5 nitrogen and oxygen atoms in total. The summed E-state index contributed by atoms with van der Waals surface area (Å²) in [4.78, 5) is 10.9. The third-order valence-corrected chi connectivity index (χ3v) is 4.81. The van der Waals surface area contributed by atoms with Crippen molar-refractivity contribution in [2.45, 2.75) is 10.6 Å². The maximum absolute atomic E-state index is 12.3. The molecule has 0 saturated heterocycles. The van der Waals surface area contributed by atoms with Crippen LogP contribution in [-0.2, 0) is 15.6 Å². The number of carbonyl (C=O) groups is 1. The summed E-state index contributed by atoms with van der Waals surface area (Å²) in [5.74, 6) is -1.68. The van der Waals surface area contributed by atoms with Gasteiger partial charge in [-0.05, 0) is 35.9 Å². The largest absolute Gasteiger partial charge is 0.508 e. The molecule has 0 aliphatic heterocycles. The van der Waals surface area contributed by atoms with E-state index in [0.29, 0.717) is 5.56 Å². The van der Waals surface area contributed by atoms with Gasteiger partial charge in [-0.1, -0.05) is 23.7 Å². The third kappa shape index (κ3) is 3.53. The molecule has 0 fully saturated rings. The van der Waals surface area contributed by atoms with Gasteiger partial charge >= 0.3 is 5.97 Å². The number of carboxylic acids is 1. The first-order valence-electron chi connectivity index (χ1n) is 5.83. The molecule has 0 heterocycles. The average molecular weight is 327 g/mol. The van der Waals surface area contributed by atoms with Gasteiger partial charge in [-0.2, -0.15) is 0 Å². The lowest BCUT2D eigenvalue weighted by atomic mass is 10.2. The van der Waals surface area contributed by atoms with E-state index in [-0.39, 0.29) is 27.0 Å². The molecule has 7 heteroatoms. The van der Waals surface area contributed by atoms with Gasteiger partial charge in [-0.3, -0.25) is 0 Å². The van der Waals surface area contributed by atoms with Gasteiger partial charge in [-0.15, -0.1) is 0 Å². The second-order valence-electron chi connectivity index (χ2n) is 4.38. The van der Waals surface area contributed by atoms with Gasteiger partial charge in [0.15, 0.2) is 9.84 Å². The summed E-state index contributed by atoms with van der Waals surface area (Å²) >= 11 is 5.71. The second kappa shape index (κ2) is 5.75. The van der Waals surface area contributed by atoms with Crippen molar-refractivity contribution in [2.75, 3.05) is 0 Å². The SMILES string of the molecule is O=C(O)c1cc(S(=O)(=O)Cc2cccc(O)c2)ccc1Cl. The average Bonchev–Trinajstić information content (AvgIpc) is 2.38. The lowest BCUT2D eigenvalue weighted by Crippen LogP contribution is -2.07. The van der Waals surface area contributed by atoms with Crippen molar-refractivity contribution in [2.24, 2.45) is 0 Å². The highest BCUT2D eigenvalue weighted by atomic mass is 35.5. The minimum absolute atomic E-state index is 0.0289. The van der Waals surface area contributed by atoms with Gasteiger partial charge in [0.25, 0.3) is 0 Å². The Labute approximate surface area is 126 Å². The van der Waals surface area contributed by atoms with E-state index in [1.807, 2.05) is 0 Å². The number of carboxylic acid groups (broad SMARTS) is 1. The molecule has 0 aliphatic rings. The number of hydrogen-bond acceptors (Lipinski definition) is 4. The fraction of sp³-hybridized carbons (Fsp3) is 0.0714. The van der Waals surface area contributed by atoms with Crippen LogP contribution in [0.5, 0.6) is 5.75 Å². The lowest BCUT2D eigenvalue weighted by Gasteiger charge is -2.07. The second-order valence-corrected chi connectivity index (χ2v) is 6.77.